The van der Waals surface area contributed by atoms with Crippen LogP contribution in [-0.4, -0.2) is 43.2 Å². The van der Waals surface area contributed by atoms with Gasteiger partial charge in [-0.3, -0.25) is 9.36 Å². The van der Waals surface area contributed by atoms with E-state index in [0.717, 1.165) is 16.9 Å². The molecule has 3 rings (SSSR count). The molecule has 14 heteroatoms. The highest BCUT2D eigenvalue weighted by atomic mass is 79.9. The number of phenols is 1. The SMILES string of the molecule is CCOP(=O)(O)CCCCn1c(CNC(=O)c2nc(Br)c(N)nc2N)[n+](CC)c2ccc(O)cc21. The van der Waals surface area contributed by atoms with E-state index in [0.29, 0.717) is 25.9 Å². The van der Waals surface area contributed by atoms with Crippen molar-refractivity contribution in [3.63, 3.8) is 0 Å². The Balaban J connectivity index is 1.87. The molecule has 1 aromatic carbocycles. The molecule has 2 heterocycles. The number of benzene rings is 1. The third-order valence-corrected chi connectivity index (χ3v) is 7.54. The van der Waals surface area contributed by atoms with Crippen LogP contribution in [-0.2, 0) is 28.7 Å². The number of nitrogens with two attached hydrogens (primary N) is 2. The predicted octanol–water partition coefficient (Wildman–Crippen LogP) is 2.30. The lowest BCUT2D eigenvalue weighted by Crippen LogP contribution is -2.40. The molecule has 3 aromatic rings. The molecule has 0 aliphatic rings. The second-order valence-electron chi connectivity index (χ2n) is 7.79. The summed E-state index contributed by atoms with van der Waals surface area (Å²) in [5, 5.41) is 12.9. The smallest absolute Gasteiger partial charge is 0.328 e. The first-order chi connectivity index (χ1) is 16.6. The van der Waals surface area contributed by atoms with Gasteiger partial charge in [0, 0.05) is 6.07 Å². The van der Waals surface area contributed by atoms with Crippen molar-refractivity contribution in [3.8, 4) is 5.75 Å². The largest absolute Gasteiger partial charge is 0.508 e. The number of anilines is 2. The standard InChI is InChI=1S/C21H29BrN7O5P/c1-3-28-14-8-7-13(30)11-15(14)29(9-5-6-10-35(32,33)34-4-2)16(28)12-25-21(31)17-19(23)27-20(24)18(22)26-17/h7-8,11H,3-6,9-10,12H2,1-2H3,(H6-,23,24,25,27,30,31,32,33)/p+1. The van der Waals surface area contributed by atoms with Crippen LogP contribution in [0.15, 0.2) is 22.8 Å². The zero-order valence-electron chi connectivity index (χ0n) is 19.6. The Morgan fingerprint density at radius 3 is 2.69 bits per heavy atom. The van der Waals surface area contributed by atoms with Gasteiger partial charge in [0.25, 0.3) is 11.7 Å². The summed E-state index contributed by atoms with van der Waals surface area (Å²) < 4.78 is 21.2. The van der Waals surface area contributed by atoms with Crippen molar-refractivity contribution >= 4 is 52.1 Å². The number of imidazole rings is 1. The average molecular weight is 571 g/mol. The summed E-state index contributed by atoms with van der Waals surface area (Å²) in [4.78, 5) is 30.7. The molecule has 12 nitrogen and oxygen atoms in total. The molecule has 2 aromatic heterocycles. The number of carbonyl (C=O) groups is 1. The molecule has 1 unspecified atom stereocenters. The van der Waals surface area contributed by atoms with E-state index in [2.05, 4.69) is 31.2 Å². The summed E-state index contributed by atoms with van der Waals surface area (Å²) in [5.41, 5.74) is 13.1. The van der Waals surface area contributed by atoms with E-state index in [9.17, 15) is 19.4 Å². The fraction of sp³-hybridized carbons (Fsp3) is 0.429. The van der Waals surface area contributed by atoms with E-state index in [1.165, 1.54) is 0 Å². The number of aromatic hydroxyl groups is 1. The molecule has 0 saturated carbocycles. The van der Waals surface area contributed by atoms with Crippen molar-refractivity contribution in [2.45, 2.75) is 46.3 Å². The number of hydrogen-bond acceptors (Lipinski definition) is 8. The lowest BCUT2D eigenvalue weighted by molar-refractivity contribution is -0.676. The first-order valence-electron chi connectivity index (χ1n) is 11.1. The van der Waals surface area contributed by atoms with Gasteiger partial charge >= 0.3 is 7.60 Å². The number of nitrogen functional groups attached to an aromatic ring is 2. The highest BCUT2D eigenvalue weighted by Gasteiger charge is 2.26. The van der Waals surface area contributed by atoms with E-state index in [1.807, 2.05) is 22.1 Å². The maximum absolute atomic E-state index is 12.8. The van der Waals surface area contributed by atoms with Crippen LogP contribution in [0.1, 0.15) is 43.0 Å². The Morgan fingerprint density at radius 2 is 2.00 bits per heavy atom. The zero-order chi connectivity index (χ0) is 25.8. The van der Waals surface area contributed by atoms with Crippen molar-refractivity contribution in [2.24, 2.45) is 0 Å². The number of carbonyl (C=O) groups excluding carboxylic acids is 1. The predicted molar refractivity (Wildman–Crippen MR) is 135 cm³/mol. The van der Waals surface area contributed by atoms with Crippen molar-refractivity contribution in [1.82, 2.24) is 19.9 Å². The molecule has 35 heavy (non-hydrogen) atoms. The van der Waals surface area contributed by atoms with Crippen LogP contribution >= 0.6 is 23.5 Å². The number of rotatable bonds is 11. The van der Waals surface area contributed by atoms with Gasteiger partial charge in [0.05, 0.1) is 25.9 Å². The number of nitrogens with zero attached hydrogens (tertiary/aromatic N) is 4. The van der Waals surface area contributed by atoms with E-state index >= 15 is 0 Å². The molecular formula is C21H30BrN7O5P+. The fourth-order valence-corrected chi connectivity index (χ4v) is 5.29. The second-order valence-corrected chi connectivity index (χ2v) is 10.5. The Morgan fingerprint density at radius 1 is 1.26 bits per heavy atom. The van der Waals surface area contributed by atoms with Crippen LogP contribution in [0.25, 0.3) is 11.0 Å². The number of unbranched alkanes of at least 4 members (excludes halogenated alkanes) is 1. The van der Waals surface area contributed by atoms with Gasteiger partial charge in [-0.1, -0.05) is 0 Å². The highest BCUT2D eigenvalue weighted by Crippen LogP contribution is 2.42. The van der Waals surface area contributed by atoms with Gasteiger partial charge in [-0.25, -0.2) is 19.1 Å². The second kappa shape index (κ2) is 11.3. The topological polar surface area (TPSA) is 182 Å². The molecule has 1 atom stereocenters. The van der Waals surface area contributed by atoms with Crippen LogP contribution in [0.4, 0.5) is 11.6 Å². The van der Waals surface area contributed by atoms with E-state index in [-0.39, 0.29) is 47.0 Å². The highest BCUT2D eigenvalue weighted by molar-refractivity contribution is 9.10. The van der Waals surface area contributed by atoms with Crippen molar-refractivity contribution in [3.05, 3.63) is 34.3 Å². The van der Waals surface area contributed by atoms with E-state index < -0.39 is 13.5 Å². The molecule has 0 spiro atoms. The summed E-state index contributed by atoms with van der Waals surface area (Å²) in [6.07, 6.45) is 1.11. The number of phenolic OH excluding ortho intramolecular Hbond substituents is 1. The Kier molecular flexibility index (Phi) is 8.70. The summed E-state index contributed by atoms with van der Waals surface area (Å²) >= 11 is 3.16. The summed E-state index contributed by atoms with van der Waals surface area (Å²) in [7, 11) is -3.60. The van der Waals surface area contributed by atoms with Gasteiger partial charge in [-0.05, 0) is 54.8 Å². The van der Waals surface area contributed by atoms with Gasteiger partial charge in [0.2, 0.25) is 0 Å². The normalized spacial score (nSPS) is 13.1. The van der Waals surface area contributed by atoms with Crippen LogP contribution in [0.5, 0.6) is 5.75 Å². The number of aryl methyl sites for hydroxylation is 2. The summed E-state index contributed by atoms with van der Waals surface area (Å²) in [6, 6.07) is 5.07. The van der Waals surface area contributed by atoms with E-state index in [1.54, 1.807) is 19.1 Å². The molecule has 7 N–H and O–H groups in total. The molecule has 0 aliphatic carbocycles. The Hall–Kier alpha value is -2.73. The van der Waals surface area contributed by atoms with Crippen molar-refractivity contribution < 1.29 is 28.5 Å². The lowest BCUT2D eigenvalue weighted by Gasteiger charge is -2.10. The number of halogens is 1. The maximum Gasteiger partial charge on any atom is 0.328 e. The minimum Gasteiger partial charge on any atom is -0.508 e. The van der Waals surface area contributed by atoms with Crippen molar-refractivity contribution in [2.75, 3.05) is 24.2 Å². The zero-order valence-corrected chi connectivity index (χ0v) is 22.1. The number of hydrogen-bond donors (Lipinski definition) is 5. The fourth-order valence-electron chi connectivity index (χ4n) is 3.87. The molecule has 0 aliphatic heterocycles. The lowest BCUT2D eigenvalue weighted by atomic mass is 10.2. The van der Waals surface area contributed by atoms with Gasteiger partial charge in [0.15, 0.2) is 28.4 Å². The minimum atomic E-state index is -3.60. The molecule has 0 radical (unpaired) electrons. The summed E-state index contributed by atoms with van der Waals surface area (Å²) in [6.45, 7) is 5.09. The van der Waals surface area contributed by atoms with Crippen LogP contribution in [0, 0.1) is 0 Å². The first kappa shape index (κ1) is 26.9. The number of fused-ring (bicyclic) bond motifs is 1. The van der Waals surface area contributed by atoms with Gasteiger partial charge < -0.3 is 31.3 Å². The van der Waals surface area contributed by atoms with Crippen LogP contribution in [0.3, 0.4) is 0 Å². The Labute approximate surface area is 211 Å². The summed E-state index contributed by atoms with van der Waals surface area (Å²) in [5.74, 6) is 0.371. The quantitative estimate of drug-likeness (QED) is 0.131. The maximum atomic E-state index is 12.8. The van der Waals surface area contributed by atoms with Crippen molar-refractivity contribution in [1.29, 1.82) is 0 Å². The first-order valence-corrected chi connectivity index (χ1v) is 13.7. The minimum absolute atomic E-state index is 0.0507. The number of aromatic nitrogens is 4. The molecule has 0 bridgehead atoms. The average Bonchev–Trinajstić information content (AvgIpc) is 3.09. The molecule has 190 valence electrons. The Bertz CT molecular complexity index is 1280. The monoisotopic (exact) mass is 570 g/mol. The van der Waals surface area contributed by atoms with Crippen LogP contribution < -0.4 is 21.4 Å². The third kappa shape index (κ3) is 6.29. The molecule has 0 fully saturated rings. The van der Waals surface area contributed by atoms with Crippen LogP contribution in [0.2, 0.25) is 0 Å². The third-order valence-electron chi connectivity index (χ3n) is 5.41. The van der Waals surface area contributed by atoms with E-state index in [4.69, 9.17) is 16.0 Å². The van der Waals surface area contributed by atoms with Gasteiger partial charge in [0.1, 0.15) is 16.9 Å². The van der Waals surface area contributed by atoms with Gasteiger partial charge in [-0.15, -0.1) is 0 Å². The molecule has 1 amide bonds. The number of nitrogens with one attached hydrogen (secondary N) is 1. The molecular weight excluding hydrogens is 541 g/mol. The number of amides is 1. The van der Waals surface area contributed by atoms with Gasteiger partial charge in [-0.2, -0.15) is 0 Å². The molecule has 0 saturated heterocycles.